The summed E-state index contributed by atoms with van der Waals surface area (Å²) in [6, 6.07) is 12.6. The fourth-order valence-corrected chi connectivity index (χ4v) is 3.53. The molecule has 1 heterocycles. The van der Waals surface area contributed by atoms with Gasteiger partial charge in [-0.3, -0.25) is 4.98 Å². The average Bonchev–Trinajstić information content (AvgIpc) is 2.61. The summed E-state index contributed by atoms with van der Waals surface area (Å²) < 4.78 is 0. The second-order valence-electron chi connectivity index (χ2n) is 6.55. The van der Waals surface area contributed by atoms with Crippen LogP contribution >= 0.6 is 0 Å². The topological polar surface area (TPSA) is 45.1 Å². The third kappa shape index (κ3) is 4.80. The molecule has 0 amide bonds. The molecule has 0 aliphatic heterocycles. The van der Waals surface area contributed by atoms with Crippen molar-refractivity contribution in [1.29, 1.82) is 0 Å². The fourth-order valence-electron chi connectivity index (χ4n) is 3.53. The summed E-state index contributed by atoms with van der Waals surface area (Å²) in [5.74, 6) is 1.02. The van der Waals surface area contributed by atoms with Crippen LogP contribution in [0.15, 0.2) is 48.8 Å². The van der Waals surface area contributed by atoms with Gasteiger partial charge in [0.25, 0.3) is 0 Å². The van der Waals surface area contributed by atoms with E-state index in [9.17, 15) is 5.11 Å². The Morgan fingerprint density at radius 3 is 2.35 bits per heavy atom. The third-order valence-electron chi connectivity index (χ3n) is 4.92. The summed E-state index contributed by atoms with van der Waals surface area (Å²) in [5, 5.41) is 13.1. The van der Waals surface area contributed by atoms with Crippen LogP contribution < -0.4 is 5.32 Å². The Bertz CT molecular complexity index is 574. The maximum atomic E-state index is 9.39. The molecule has 3 rings (SSSR count). The number of hydrogen-bond acceptors (Lipinski definition) is 3. The van der Waals surface area contributed by atoms with E-state index in [1.54, 1.807) is 12.1 Å². The van der Waals surface area contributed by atoms with Crippen molar-refractivity contribution >= 4 is 0 Å². The van der Waals surface area contributed by atoms with Crippen molar-refractivity contribution in [3.8, 4) is 5.75 Å². The zero-order valence-electron chi connectivity index (χ0n) is 13.6. The number of benzene rings is 1. The van der Waals surface area contributed by atoms with E-state index in [1.165, 1.54) is 43.2 Å². The van der Waals surface area contributed by atoms with E-state index < -0.39 is 0 Å². The average molecular weight is 310 g/mol. The van der Waals surface area contributed by atoms with Gasteiger partial charge in [0.1, 0.15) is 5.75 Å². The zero-order chi connectivity index (χ0) is 15.9. The quantitative estimate of drug-likeness (QED) is 0.792. The summed E-state index contributed by atoms with van der Waals surface area (Å²) in [5.41, 5.74) is 2.75. The van der Waals surface area contributed by atoms with E-state index in [4.69, 9.17) is 0 Å². The Kier molecular flexibility index (Phi) is 5.65. The predicted molar refractivity (Wildman–Crippen MR) is 93.7 cm³/mol. The van der Waals surface area contributed by atoms with E-state index in [0.29, 0.717) is 17.7 Å². The van der Waals surface area contributed by atoms with Crippen molar-refractivity contribution in [3.63, 3.8) is 0 Å². The first-order valence-corrected chi connectivity index (χ1v) is 8.72. The van der Waals surface area contributed by atoms with Crippen LogP contribution in [0, 0.1) is 0 Å². The van der Waals surface area contributed by atoms with Gasteiger partial charge >= 0.3 is 0 Å². The van der Waals surface area contributed by atoms with Gasteiger partial charge in [0.2, 0.25) is 0 Å². The van der Waals surface area contributed by atoms with E-state index in [0.717, 1.165) is 13.0 Å². The first-order valence-electron chi connectivity index (χ1n) is 8.72. The first kappa shape index (κ1) is 16.0. The van der Waals surface area contributed by atoms with Crippen LogP contribution in [0.1, 0.15) is 49.1 Å². The van der Waals surface area contributed by atoms with Gasteiger partial charge in [-0.15, -0.1) is 0 Å². The number of aromatic hydroxyl groups is 1. The van der Waals surface area contributed by atoms with Gasteiger partial charge in [-0.1, -0.05) is 12.1 Å². The minimum Gasteiger partial charge on any atom is -0.508 e. The summed E-state index contributed by atoms with van der Waals surface area (Å²) in [7, 11) is 0. The molecule has 23 heavy (non-hydrogen) atoms. The lowest BCUT2D eigenvalue weighted by Gasteiger charge is -2.29. The van der Waals surface area contributed by atoms with Crippen molar-refractivity contribution in [1.82, 2.24) is 10.3 Å². The molecular weight excluding hydrogens is 284 g/mol. The Balaban J connectivity index is 1.35. The standard InChI is InChI=1S/C20H26N2O/c23-20-9-5-18(6-10-20)17-3-7-19(8-4-17)22-13-1-2-16-11-14-21-15-12-16/h5-6,9-12,14-15,17,19,22-23H,1-4,7-8,13H2. The number of phenolic OH excluding ortho intramolecular Hbond substituents is 1. The number of nitrogens with zero attached hydrogens (tertiary/aromatic N) is 1. The number of rotatable bonds is 6. The van der Waals surface area contributed by atoms with Crippen LogP contribution in [0.2, 0.25) is 0 Å². The molecule has 0 saturated heterocycles. The van der Waals surface area contributed by atoms with E-state index in [-0.39, 0.29) is 0 Å². The molecule has 0 bridgehead atoms. The van der Waals surface area contributed by atoms with Crippen LogP contribution in [0.25, 0.3) is 0 Å². The molecule has 122 valence electrons. The normalized spacial score (nSPS) is 21.2. The Hall–Kier alpha value is -1.87. The Morgan fingerprint density at radius 2 is 1.65 bits per heavy atom. The molecule has 2 N–H and O–H groups in total. The maximum Gasteiger partial charge on any atom is 0.115 e. The smallest absolute Gasteiger partial charge is 0.115 e. The number of aromatic nitrogens is 1. The highest BCUT2D eigenvalue weighted by Gasteiger charge is 2.21. The van der Waals surface area contributed by atoms with E-state index in [1.807, 2.05) is 12.4 Å². The van der Waals surface area contributed by atoms with Crippen LogP contribution in [0.3, 0.4) is 0 Å². The SMILES string of the molecule is Oc1ccc(C2CCC(NCCCc3ccncc3)CC2)cc1. The van der Waals surface area contributed by atoms with Gasteiger partial charge in [-0.2, -0.15) is 0 Å². The largest absolute Gasteiger partial charge is 0.508 e. The van der Waals surface area contributed by atoms with Crippen LogP contribution in [0.5, 0.6) is 5.75 Å². The lowest BCUT2D eigenvalue weighted by molar-refractivity contribution is 0.342. The molecule has 0 atom stereocenters. The number of pyridine rings is 1. The first-order chi connectivity index (χ1) is 11.3. The van der Waals surface area contributed by atoms with Gasteiger partial charge in [-0.05, 0) is 86.4 Å². The van der Waals surface area contributed by atoms with Gasteiger partial charge < -0.3 is 10.4 Å². The lowest BCUT2D eigenvalue weighted by Crippen LogP contribution is -2.33. The van der Waals surface area contributed by atoms with Crippen molar-refractivity contribution < 1.29 is 5.11 Å². The highest BCUT2D eigenvalue weighted by atomic mass is 16.3. The maximum absolute atomic E-state index is 9.39. The van der Waals surface area contributed by atoms with Gasteiger partial charge in [0, 0.05) is 18.4 Å². The van der Waals surface area contributed by atoms with E-state index in [2.05, 4.69) is 34.6 Å². The third-order valence-corrected chi connectivity index (χ3v) is 4.92. The molecule has 1 fully saturated rings. The van der Waals surface area contributed by atoms with Crippen molar-refractivity contribution in [2.24, 2.45) is 0 Å². The number of nitrogens with one attached hydrogen (secondary N) is 1. The Labute approximate surface area is 138 Å². The van der Waals surface area contributed by atoms with Crippen molar-refractivity contribution in [2.45, 2.75) is 50.5 Å². The van der Waals surface area contributed by atoms with E-state index >= 15 is 0 Å². The number of phenols is 1. The molecule has 0 spiro atoms. The minimum atomic E-state index is 0.360. The summed E-state index contributed by atoms with van der Waals surface area (Å²) in [6.07, 6.45) is 11.0. The van der Waals surface area contributed by atoms with Gasteiger partial charge in [-0.25, -0.2) is 0 Å². The van der Waals surface area contributed by atoms with Crippen molar-refractivity contribution in [3.05, 3.63) is 59.9 Å². The number of aryl methyl sites for hydroxylation is 1. The summed E-state index contributed by atoms with van der Waals surface area (Å²) >= 11 is 0. The Morgan fingerprint density at radius 1 is 0.957 bits per heavy atom. The molecule has 0 radical (unpaired) electrons. The lowest BCUT2D eigenvalue weighted by atomic mass is 9.81. The molecule has 1 aromatic carbocycles. The van der Waals surface area contributed by atoms with Crippen molar-refractivity contribution in [2.75, 3.05) is 6.54 Å². The molecule has 3 heteroatoms. The minimum absolute atomic E-state index is 0.360. The second-order valence-corrected chi connectivity index (χ2v) is 6.55. The fraction of sp³-hybridized carbons (Fsp3) is 0.450. The monoisotopic (exact) mass is 310 g/mol. The number of hydrogen-bond donors (Lipinski definition) is 2. The summed E-state index contributed by atoms with van der Waals surface area (Å²) in [4.78, 5) is 4.05. The molecule has 1 aliphatic rings. The van der Waals surface area contributed by atoms with Crippen LogP contribution in [0.4, 0.5) is 0 Å². The highest BCUT2D eigenvalue weighted by molar-refractivity contribution is 5.28. The molecule has 1 aromatic heterocycles. The molecule has 1 aliphatic carbocycles. The predicted octanol–water partition coefficient (Wildman–Crippen LogP) is 4.04. The molecule has 0 unspecified atom stereocenters. The highest BCUT2D eigenvalue weighted by Crippen LogP contribution is 2.33. The molecule has 3 nitrogen and oxygen atoms in total. The molecular formula is C20H26N2O. The molecule has 1 saturated carbocycles. The zero-order valence-corrected chi connectivity index (χ0v) is 13.6. The van der Waals surface area contributed by atoms with Crippen LogP contribution in [-0.2, 0) is 6.42 Å². The summed E-state index contributed by atoms with van der Waals surface area (Å²) in [6.45, 7) is 1.09. The van der Waals surface area contributed by atoms with Gasteiger partial charge in [0.05, 0.1) is 0 Å². The van der Waals surface area contributed by atoms with Crippen LogP contribution in [-0.4, -0.2) is 22.7 Å². The second kappa shape index (κ2) is 8.11. The molecule has 2 aromatic rings. The van der Waals surface area contributed by atoms with Gasteiger partial charge in [0.15, 0.2) is 0 Å².